The highest BCUT2D eigenvalue weighted by atomic mass is 19.2. The summed E-state index contributed by atoms with van der Waals surface area (Å²) in [7, 11) is 0. The summed E-state index contributed by atoms with van der Waals surface area (Å²) in [6.45, 7) is 3.61. The van der Waals surface area contributed by atoms with Crippen LogP contribution >= 0.6 is 0 Å². The average Bonchev–Trinajstić information content (AvgIpc) is 2.24. The second kappa shape index (κ2) is 3.68. The minimum Gasteiger partial charge on any atom is -0.323 e. The van der Waals surface area contributed by atoms with Gasteiger partial charge in [0.25, 0.3) is 0 Å². The molecular formula is C11H11F2N3. The van der Waals surface area contributed by atoms with Crippen LogP contribution in [0.4, 0.5) is 14.5 Å². The quantitative estimate of drug-likeness (QED) is 0.576. The lowest BCUT2D eigenvalue weighted by Gasteiger charge is -2.11. The number of halogens is 2. The summed E-state index contributed by atoms with van der Waals surface area (Å²) in [6, 6.07) is 2.16. The molecule has 0 aliphatic carbocycles. The molecule has 1 aromatic carbocycles. The molecule has 3 nitrogen and oxygen atoms in total. The molecule has 5 heteroatoms. The fourth-order valence-electron chi connectivity index (χ4n) is 1.66. The van der Waals surface area contributed by atoms with Crippen molar-refractivity contribution < 1.29 is 8.78 Å². The van der Waals surface area contributed by atoms with Crippen LogP contribution in [-0.2, 0) is 0 Å². The zero-order valence-electron chi connectivity index (χ0n) is 8.94. The third-order valence-electron chi connectivity index (χ3n) is 2.66. The first-order valence-corrected chi connectivity index (χ1v) is 4.77. The van der Waals surface area contributed by atoms with Crippen LogP contribution in [0.15, 0.2) is 12.1 Å². The highest BCUT2D eigenvalue weighted by Crippen LogP contribution is 2.28. The van der Waals surface area contributed by atoms with Crippen molar-refractivity contribution in [3.05, 3.63) is 35.0 Å². The summed E-state index contributed by atoms with van der Waals surface area (Å²) < 4.78 is 26.2. The molecule has 0 saturated heterocycles. The van der Waals surface area contributed by atoms with Crippen LogP contribution in [0, 0.1) is 25.5 Å². The molecule has 0 fully saturated rings. The predicted molar refractivity (Wildman–Crippen MR) is 58.9 cm³/mol. The van der Waals surface area contributed by atoms with Crippen molar-refractivity contribution in [2.75, 3.05) is 5.43 Å². The van der Waals surface area contributed by atoms with Crippen LogP contribution in [-0.4, -0.2) is 4.98 Å². The minimum atomic E-state index is -0.911. The molecule has 0 aliphatic rings. The lowest BCUT2D eigenvalue weighted by Crippen LogP contribution is -2.10. The summed E-state index contributed by atoms with van der Waals surface area (Å²) in [6.07, 6.45) is 0. The number of nitrogen functional groups attached to an aromatic ring is 1. The number of nitrogens with one attached hydrogen (secondary N) is 1. The molecule has 0 spiro atoms. The van der Waals surface area contributed by atoms with Crippen LogP contribution in [0.3, 0.4) is 0 Å². The molecular weight excluding hydrogens is 212 g/mol. The molecule has 0 saturated carbocycles. The van der Waals surface area contributed by atoms with Crippen molar-refractivity contribution in [2.45, 2.75) is 13.8 Å². The van der Waals surface area contributed by atoms with E-state index >= 15 is 0 Å². The lowest BCUT2D eigenvalue weighted by molar-refractivity contribution is 0.510. The van der Waals surface area contributed by atoms with E-state index in [-0.39, 0.29) is 0 Å². The Kier molecular flexibility index (Phi) is 2.47. The van der Waals surface area contributed by atoms with Crippen molar-refractivity contribution in [3.8, 4) is 0 Å². The molecule has 84 valence electrons. The Morgan fingerprint density at radius 1 is 1.19 bits per heavy atom. The normalized spacial score (nSPS) is 10.8. The van der Waals surface area contributed by atoms with Crippen LogP contribution < -0.4 is 11.3 Å². The van der Waals surface area contributed by atoms with Gasteiger partial charge >= 0.3 is 0 Å². The number of pyridine rings is 1. The number of nitrogens with zero attached hydrogens (tertiary/aromatic N) is 1. The van der Waals surface area contributed by atoms with Gasteiger partial charge in [0.15, 0.2) is 11.6 Å². The summed E-state index contributed by atoms with van der Waals surface area (Å²) in [4.78, 5) is 4.18. The first-order valence-electron chi connectivity index (χ1n) is 4.77. The third kappa shape index (κ3) is 1.49. The Labute approximate surface area is 91.3 Å². The molecule has 3 N–H and O–H groups in total. The number of fused-ring (bicyclic) bond motifs is 1. The van der Waals surface area contributed by atoms with E-state index < -0.39 is 11.6 Å². The lowest BCUT2D eigenvalue weighted by atomic mass is 10.1. The Balaban J connectivity index is 2.91. The van der Waals surface area contributed by atoms with E-state index in [0.717, 1.165) is 23.4 Å². The number of aryl methyl sites for hydroxylation is 1. The van der Waals surface area contributed by atoms with Crippen molar-refractivity contribution in [1.82, 2.24) is 4.98 Å². The molecule has 0 amide bonds. The molecule has 0 aliphatic heterocycles. The summed E-state index contributed by atoms with van der Waals surface area (Å²) >= 11 is 0. The van der Waals surface area contributed by atoms with Gasteiger partial charge in [-0.2, -0.15) is 0 Å². The van der Waals surface area contributed by atoms with Gasteiger partial charge in [0.2, 0.25) is 0 Å². The number of hydrazine groups is 1. The third-order valence-corrected chi connectivity index (χ3v) is 2.66. The van der Waals surface area contributed by atoms with E-state index in [4.69, 9.17) is 5.84 Å². The van der Waals surface area contributed by atoms with E-state index in [1.54, 1.807) is 6.92 Å². The second-order valence-electron chi connectivity index (χ2n) is 3.63. The highest BCUT2D eigenvalue weighted by Gasteiger charge is 2.12. The van der Waals surface area contributed by atoms with Gasteiger partial charge in [0, 0.05) is 17.1 Å². The van der Waals surface area contributed by atoms with Gasteiger partial charge in [-0.1, -0.05) is 0 Å². The standard InChI is InChI=1S/C11H11F2N3/c1-5-6(2)15-10-4-9(13)8(12)3-7(10)11(5)16-14/h3-4H,14H2,1-2H3,(H,15,16). The summed E-state index contributed by atoms with van der Waals surface area (Å²) in [5.74, 6) is 3.56. The number of anilines is 1. The van der Waals surface area contributed by atoms with Gasteiger partial charge in [-0.05, 0) is 25.5 Å². The Morgan fingerprint density at radius 3 is 2.44 bits per heavy atom. The second-order valence-corrected chi connectivity index (χ2v) is 3.63. The van der Waals surface area contributed by atoms with Crippen LogP contribution in [0.2, 0.25) is 0 Å². The van der Waals surface area contributed by atoms with E-state index in [2.05, 4.69) is 10.4 Å². The van der Waals surface area contributed by atoms with Crippen molar-refractivity contribution >= 4 is 16.6 Å². The van der Waals surface area contributed by atoms with Gasteiger partial charge in [0.1, 0.15) is 0 Å². The molecule has 0 unspecified atom stereocenters. The fraction of sp³-hybridized carbons (Fsp3) is 0.182. The van der Waals surface area contributed by atoms with Crippen molar-refractivity contribution in [3.63, 3.8) is 0 Å². The SMILES string of the molecule is Cc1nc2cc(F)c(F)cc2c(NN)c1C. The average molecular weight is 223 g/mol. The molecule has 1 heterocycles. The molecule has 16 heavy (non-hydrogen) atoms. The van der Waals surface area contributed by atoms with E-state index in [0.29, 0.717) is 16.6 Å². The number of benzene rings is 1. The maximum absolute atomic E-state index is 13.1. The van der Waals surface area contributed by atoms with Gasteiger partial charge < -0.3 is 5.43 Å². The topological polar surface area (TPSA) is 50.9 Å². The molecule has 0 radical (unpaired) electrons. The van der Waals surface area contributed by atoms with E-state index in [1.807, 2.05) is 6.92 Å². The smallest absolute Gasteiger partial charge is 0.161 e. The van der Waals surface area contributed by atoms with Gasteiger partial charge in [0.05, 0.1) is 11.2 Å². The van der Waals surface area contributed by atoms with Crippen LogP contribution in [0.5, 0.6) is 0 Å². The minimum absolute atomic E-state index is 0.384. The first kappa shape index (κ1) is 10.8. The molecule has 2 rings (SSSR count). The van der Waals surface area contributed by atoms with Crippen molar-refractivity contribution in [2.24, 2.45) is 5.84 Å². The number of aromatic nitrogens is 1. The zero-order valence-corrected chi connectivity index (χ0v) is 8.94. The highest BCUT2D eigenvalue weighted by molar-refractivity contribution is 5.93. The summed E-state index contributed by atoms with van der Waals surface area (Å²) in [5.41, 5.74) is 5.00. The first-order chi connectivity index (χ1) is 7.54. The Hall–Kier alpha value is -1.75. The fourth-order valence-corrected chi connectivity index (χ4v) is 1.66. The largest absolute Gasteiger partial charge is 0.323 e. The molecule has 0 atom stereocenters. The Morgan fingerprint density at radius 2 is 1.81 bits per heavy atom. The number of rotatable bonds is 1. The Bertz CT molecular complexity index is 562. The predicted octanol–water partition coefficient (Wildman–Crippen LogP) is 2.42. The number of nitrogens with two attached hydrogens (primary N) is 1. The maximum Gasteiger partial charge on any atom is 0.161 e. The monoisotopic (exact) mass is 223 g/mol. The van der Waals surface area contributed by atoms with Gasteiger partial charge in [-0.3, -0.25) is 10.8 Å². The summed E-state index contributed by atoms with van der Waals surface area (Å²) in [5, 5.41) is 0.476. The van der Waals surface area contributed by atoms with Gasteiger partial charge in [-0.25, -0.2) is 8.78 Å². The zero-order chi connectivity index (χ0) is 11.9. The van der Waals surface area contributed by atoms with E-state index in [9.17, 15) is 8.78 Å². The van der Waals surface area contributed by atoms with Crippen molar-refractivity contribution in [1.29, 1.82) is 0 Å². The molecule has 0 bridgehead atoms. The molecule has 2 aromatic rings. The maximum atomic E-state index is 13.1. The van der Waals surface area contributed by atoms with Crippen LogP contribution in [0.25, 0.3) is 10.9 Å². The number of hydrogen-bond acceptors (Lipinski definition) is 3. The van der Waals surface area contributed by atoms with Crippen LogP contribution in [0.1, 0.15) is 11.3 Å². The van der Waals surface area contributed by atoms with E-state index in [1.165, 1.54) is 0 Å². The van der Waals surface area contributed by atoms with Gasteiger partial charge in [-0.15, -0.1) is 0 Å². The molecule has 1 aromatic heterocycles. The number of hydrogen-bond donors (Lipinski definition) is 2.